The third-order valence-electron chi connectivity index (χ3n) is 3.82. The molecule has 6 heteroatoms. The van der Waals surface area contributed by atoms with E-state index in [1.165, 1.54) is 0 Å². The maximum absolute atomic E-state index is 13.7. The molecule has 2 aromatic rings. The van der Waals surface area contributed by atoms with E-state index in [-0.39, 0.29) is 11.9 Å². The molecule has 0 aliphatic rings. The molecular weight excluding hydrogens is 305 g/mol. The summed E-state index contributed by atoms with van der Waals surface area (Å²) in [6.45, 7) is 7.22. The number of nitrogens with one attached hydrogen (secondary N) is 2. The van der Waals surface area contributed by atoms with Gasteiger partial charge in [-0.15, -0.1) is 0 Å². The number of aliphatic imine (C=N–C) groups is 1. The minimum atomic E-state index is -0.181. The molecule has 0 spiro atoms. The Kier molecular flexibility index (Phi) is 6.35. The van der Waals surface area contributed by atoms with E-state index in [4.69, 9.17) is 0 Å². The lowest BCUT2D eigenvalue weighted by molar-refractivity contribution is 0.607. The monoisotopic (exact) mass is 331 g/mol. The minimum absolute atomic E-state index is 0.0312. The fourth-order valence-corrected chi connectivity index (χ4v) is 2.38. The van der Waals surface area contributed by atoms with Crippen LogP contribution in [0, 0.1) is 12.7 Å². The Bertz CT molecular complexity index is 692. The van der Waals surface area contributed by atoms with Gasteiger partial charge >= 0.3 is 0 Å². The average Bonchev–Trinajstić information content (AvgIpc) is 2.95. The molecule has 0 aliphatic heterocycles. The summed E-state index contributed by atoms with van der Waals surface area (Å²) in [6, 6.07) is 5.29. The number of benzene rings is 1. The van der Waals surface area contributed by atoms with Crippen molar-refractivity contribution in [2.24, 2.45) is 12.0 Å². The van der Waals surface area contributed by atoms with Crippen molar-refractivity contribution in [1.29, 1.82) is 0 Å². The zero-order valence-electron chi connectivity index (χ0n) is 14.8. The van der Waals surface area contributed by atoms with Crippen LogP contribution < -0.4 is 10.6 Å². The van der Waals surface area contributed by atoms with Gasteiger partial charge in [0.25, 0.3) is 0 Å². The number of guanidine groups is 1. The Hall–Kier alpha value is -2.37. The number of nitrogens with zero attached hydrogens (tertiary/aromatic N) is 3. The second-order valence-electron chi connectivity index (χ2n) is 5.91. The van der Waals surface area contributed by atoms with Crippen LogP contribution in [0.1, 0.15) is 36.6 Å². The third kappa shape index (κ3) is 5.08. The lowest BCUT2D eigenvalue weighted by Crippen LogP contribution is -2.38. The van der Waals surface area contributed by atoms with E-state index >= 15 is 0 Å². The van der Waals surface area contributed by atoms with Gasteiger partial charge in [0.05, 0.1) is 12.2 Å². The molecular formula is C18H26FN5. The average molecular weight is 331 g/mol. The van der Waals surface area contributed by atoms with E-state index in [0.717, 1.165) is 30.1 Å². The standard InChI is InChI=1S/C18H26FN5/c1-5-20-18(21-9-8-15-11-22-24(4)12-15)23-14(3)16-7-6-13(2)17(19)10-16/h6-7,10-12,14H,5,8-9H2,1-4H3,(H2,20,21,23). The molecule has 2 N–H and O–H groups in total. The summed E-state index contributed by atoms with van der Waals surface area (Å²) in [5.41, 5.74) is 2.71. The Morgan fingerprint density at radius 3 is 2.83 bits per heavy atom. The first-order valence-corrected chi connectivity index (χ1v) is 8.28. The van der Waals surface area contributed by atoms with Crippen molar-refractivity contribution in [3.63, 3.8) is 0 Å². The predicted molar refractivity (Wildman–Crippen MR) is 95.6 cm³/mol. The molecule has 0 radical (unpaired) electrons. The first kappa shape index (κ1) is 18.0. The van der Waals surface area contributed by atoms with Crippen molar-refractivity contribution in [1.82, 2.24) is 20.4 Å². The van der Waals surface area contributed by atoms with Crippen LogP contribution in [0.2, 0.25) is 0 Å². The van der Waals surface area contributed by atoms with E-state index in [0.29, 0.717) is 12.1 Å². The van der Waals surface area contributed by atoms with Crippen molar-refractivity contribution in [3.8, 4) is 0 Å². The molecule has 1 aromatic carbocycles. The molecule has 0 aliphatic carbocycles. The van der Waals surface area contributed by atoms with Crippen molar-refractivity contribution in [2.75, 3.05) is 13.1 Å². The highest BCUT2D eigenvalue weighted by Crippen LogP contribution is 2.16. The summed E-state index contributed by atoms with van der Waals surface area (Å²) in [4.78, 5) is 4.59. The van der Waals surface area contributed by atoms with E-state index in [9.17, 15) is 4.39 Å². The molecule has 2 rings (SSSR count). The van der Waals surface area contributed by atoms with E-state index in [2.05, 4.69) is 20.7 Å². The lowest BCUT2D eigenvalue weighted by Gasteiger charge is -2.18. The van der Waals surface area contributed by atoms with Crippen molar-refractivity contribution in [3.05, 3.63) is 53.1 Å². The van der Waals surface area contributed by atoms with Crippen LogP contribution in [0.25, 0.3) is 0 Å². The third-order valence-corrected chi connectivity index (χ3v) is 3.82. The van der Waals surface area contributed by atoms with Gasteiger partial charge in [0, 0.05) is 26.3 Å². The maximum atomic E-state index is 13.7. The van der Waals surface area contributed by atoms with Gasteiger partial charge in [0.2, 0.25) is 0 Å². The molecule has 0 saturated carbocycles. The van der Waals surface area contributed by atoms with Gasteiger partial charge < -0.3 is 10.6 Å². The van der Waals surface area contributed by atoms with E-state index in [1.807, 2.05) is 39.4 Å². The topological polar surface area (TPSA) is 54.2 Å². The first-order chi connectivity index (χ1) is 11.5. The number of hydrogen-bond donors (Lipinski definition) is 2. The Balaban J connectivity index is 1.98. The minimum Gasteiger partial charge on any atom is -0.357 e. The van der Waals surface area contributed by atoms with E-state index < -0.39 is 0 Å². The van der Waals surface area contributed by atoms with Gasteiger partial charge in [-0.25, -0.2) is 4.39 Å². The SMILES string of the molecule is CCNC(=NCCc1cnn(C)c1)NC(C)c1ccc(C)c(F)c1. The van der Waals surface area contributed by atoms with Gasteiger partial charge in [-0.3, -0.25) is 9.67 Å². The van der Waals surface area contributed by atoms with E-state index in [1.54, 1.807) is 23.7 Å². The largest absolute Gasteiger partial charge is 0.357 e. The van der Waals surface area contributed by atoms with Crippen LogP contribution in [0.3, 0.4) is 0 Å². The van der Waals surface area contributed by atoms with Gasteiger partial charge in [-0.1, -0.05) is 12.1 Å². The smallest absolute Gasteiger partial charge is 0.191 e. The quantitative estimate of drug-likeness (QED) is 0.632. The van der Waals surface area contributed by atoms with Gasteiger partial charge in [-0.05, 0) is 49.9 Å². The number of halogens is 1. The Morgan fingerprint density at radius 1 is 1.42 bits per heavy atom. The molecule has 0 amide bonds. The van der Waals surface area contributed by atoms with Gasteiger partial charge in [0.15, 0.2) is 5.96 Å². The summed E-state index contributed by atoms with van der Waals surface area (Å²) in [7, 11) is 1.90. The van der Waals surface area contributed by atoms with Crippen LogP contribution in [0.4, 0.5) is 4.39 Å². The summed E-state index contributed by atoms with van der Waals surface area (Å²) >= 11 is 0. The predicted octanol–water partition coefficient (Wildman–Crippen LogP) is 2.73. The Morgan fingerprint density at radius 2 is 2.21 bits per heavy atom. The molecule has 1 aromatic heterocycles. The second kappa shape index (κ2) is 8.47. The number of hydrogen-bond acceptors (Lipinski definition) is 2. The summed E-state index contributed by atoms with van der Waals surface area (Å²) in [5.74, 6) is 0.551. The van der Waals surface area contributed by atoms with Crippen LogP contribution in [-0.4, -0.2) is 28.8 Å². The van der Waals surface area contributed by atoms with Crippen molar-refractivity contribution in [2.45, 2.75) is 33.2 Å². The van der Waals surface area contributed by atoms with Crippen LogP contribution in [0.5, 0.6) is 0 Å². The molecule has 0 saturated heterocycles. The lowest BCUT2D eigenvalue weighted by atomic mass is 10.1. The summed E-state index contributed by atoms with van der Waals surface area (Å²) in [6.07, 6.45) is 4.68. The fraction of sp³-hybridized carbons (Fsp3) is 0.444. The fourth-order valence-electron chi connectivity index (χ4n) is 2.38. The van der Waals surface area contributed by atoms with Crippen LogP contribution >= 0.6 is 0 Å². The molecule has 1 atom stereocenters. The number of rotatable bonds is 6. The normalized spacial score (nSPS) is 13.0. The Labute approximate surface area is 143 Å². The highest BCUT2D eigenvalue weighted by Gasteiger charge is 2.09. The molecule has 130 valence electrons. The molecule has 0 bridgehead atoms. The van der Waals surface area contributed by atoms with Gasteiger partial charge in [-0.2, -0.15) is 5.10 Å². The van der Waals surface area contributed by atoms with Crippen LogP contribution in [-0.2, 0) is 13.5 Å². The molecule has 5 nitrogen and oxygen atoms in total. The number of aromatic nitrogens is 2. The number of aryl methyl sites for hydroxylation is 2. The first-order valence-electron chi connectivity index (χ1n) is 8.28. The zero-order chi connectivity index (χ0) is 17.5. The highest BCUT2D eigenvalue weighted by molar-refractivity contribution is 5.80. The second-order valence-corrected chi connectivity index (χ2v) is 5.91. The zero-order valence-corrected chi connectivity index (χ0v) is 14.8. The van der Waals surface area contributed by atoms with Crippen LogP contribution in [0.15, 0.2) is 35.6 Å². The molecule has 1 unspecified atom stereocenters. The summed E-state index contributed by atoms with van der Waals surface area (Å²) < 4.78 is 15.5. The molecule has 24 heavy (non-hydrogen) atoms. The summed E-state index contributed by atoms with van der Waals surface area (Å²) in [5, 5.41) is 10.7. The van der Waals surface area contributed by atoms with Crippen molar-refractivity contribution < 1.29 is 4.39 Å². The molecule has 0 fully saturated rings. The van der Waals surface area contributed by atoms with Gasteiger partial charge in [0.1, 0.15) is 5.82 Å². The molecule has 1 heterocycles. The highest BCUT2D eigenvalue weighted by atomic mass is 19.1. The maximum Gasteiger partial charge on any atom is 0.191 e. The van der Waals surface area contributed by atoms with Crippen molar-refractivity contribution >= 4 is 5.96 Å².